The van der Waals surface area contributed by atoms with Gasteiger partial charge in [-0.25, -0.2) is 19.9 Å². The molecule has 4 aromatic rings. The Morgan fingerprint density at radius 2 is 1.49 bits per heavy atom. The lowest BCUT2D eigenvalue weighted by Gasteiger charge is -2.77. The maximum atomic E-state index is 13.5. The van der Waals surface area contributed by atoms with E-state index in [0.29, 0.717) is 5.56 Å². The summed E-state index contributed by atoms with van der Waals surface area (Å²) >= 11 is 0. The molecule has 1 aliphatic heterocycles. The van der Waals surface area contributed by atoms with Crippen LogP contribution in [0.1, 0.15) is 10.4 Å². The Morgan fingerprint density at radius 3 is 2.10 bits per heavy atom. The summed E-state index contributed by atoms with van der Waals surface area (Å²) in [6.45, 7) is 0. The van der Waals surface area contributed by atoms with Crippen molar-refractivity contribution in [1.82, 2.24) is 24.5 Å². The van der Waals surface area contributed by atoms with E-state index in [0.717, 1.165) is 28.0 Å². The number of nitrogens with one attached hydrogen (secondary N) is 1. The highest BCUT2D eigenvalue weighted by atomic mass is 16.1. The van der Waals surface area contributed by atoms with Gasteiger partial charge < -0.3 is 9.47 Å². The minimum atomic E-state index is -0.276. The number of amides is 1. The van der Waals surface area contributed by atoms with E-state index in [1.807, 2.05) is 42.1 Å². The number of benzene rings is 1. The Hall–Kier alpha value is -3.16. The van der Waals surface area contributed by atoms with Crippen LogP contribution in [0.4, 0.5) is 11.8 Å². The zero-order valence-corrected chi connectivity index (χ0v) is 26.3. The molecule has 0 aliphatic carbocycles. The summed E-state index contributed by atoms with van der Waals surface area (Å²) in [6, 6.07) is 9.62. The van der Waals surface area contributed by atoms with E-state index in [9.17, 15) is 4.79 Å². The number of imidazole rings is 1. The number of aryl methyl sites for hydroxylation is 1. The van der Waals surface area contributed by atoms with Crippen molar-refractivity contribution in [2.75, 3.05) is 10.2 Å². The summed E-state index contributed by atoms with van der Waals surface area (Å²) in [5, 5.41) is 3.14. The monoisotopic (exact) mass is 533 g/mol. The molecular weight excluding hydrogens is 498 g/mol. The summed E-state index contributed by atoms with van der Waals surface area (Å²) in [4.78, 5) is 34.0. The first-order valence-corrected chi connectivity index (χ1v) is 14.2. The number of carbonyl (C=O) groups is 1. The lowest BCUT2D eigenvalue weighted by Crippen LogP contribution is -2.81. The molecule has 1 aromatic carbocycles. The van der Waals surface area contributed by atoms with Gasteiger partial charge in [0.15, 0.2) is 0 Å². The number of piperidine rings is 1. The third-order valence-corrected chi connectivity index (χ3v) is 11.5. The molecule has 41 heavy (non-hydrogen) atoms. The Balaban J connectivity index is 1.48. The Morgan fingerprint density at radius 1 is 0.829 bits per heavy atom. The fourth-order valence-corrected chi connectivity index (χ4v) is 6.88. The van der Waals surface area contributed by atoms with Gasteiger partial charge in [-0.3, -0.25) is 10.1 Å². The highest BCUT2D eigenvalue weighted by Crippen LogP contribution is 2.69. The van der Waals surface area contributed by atoms with Gasteiger partial charge in [-0.1, -0.05) is 27.8 Å². The van der Waals surface area contributed by atoms with Crippen LogP contribution in [0.5, 0.6) is 0 Å². The molecule has 8 nitrogen and oxygen atoms in total. The quantitative estimate of drug-likeness (QED) is 0.264. The molecule has 0 radical (unpaired) electrons. The first-order chi connectivity index (χ1) is 18.9. The number of fused-ring (bicyclic) bond motifs is 1. The van der Waals surface area contributed by atoms with Crippen molar-refractivity contribution in [3.8, 4) is 11.3 Å². The lowest BCUT2D eigenvalue weighted by atomic mass is 9.05. The predicted octanol–water partition coefficient (Wildman–Crippen LogP) is -6.52. The van der Waals surface area contributed by atoms with Crippen molar-refractivity contribution in [2.45, 2.75) is 26.3 Å². The molecule has 1 aliphatic rings. The normalized spacial score (nSPS) is 19.9. The third-order valence-electron chi connectivity index (χ3n) is 11.5. The van der Waals surface area contributed by atoms with Crippen LogP contribution in [0.25, 0.3) is 22.2 Å². The molecular formula is C23H33B10N7O. The van der Waals surface area contributed by atoms with E-state index in [-0.39, 0.29) is 38.2 Å². The largest absolute Gasteiger partial charge is 0.379 e. The Labute approximate surface area is 251 Å². The lowest BCUT2D eigenvalue weighted by molar-refractivity contribution is 0.102. The fraction of sp³-hybridized carbons (Fsp3) is 0.261. The fourth-order valence-electron chi connectivity index (χ4n) is 6.88. The highest BCUT2D eigenvalue weighted by molar-refractivity contribution is 6.71. The topological polar surface area (TPSA) is 88.8 Å². The number of carbonyl (C=O) groups excluding carboxylic acids is 1. The zero-order valence-electron chi connectivity index (χ0n) is 26.3. The van der Waals surface area contributed by atoms with Crippen LogP contribution in [-0.4, -0.2) is 120 Å². The SMILES string of the molecule is BC1(B)N(c2cc(C(=O)Nc3ncc4ccc(-c5cncn5C)cc4n3)ccn2)C(B)(B)C(B)(B)C(B)(B)C1(B)B. The van der Waals surface area contributed by atoms with Crippen LogP contribution >= 0.6 is 0 Å². The van der Waals surface area contributed by atoms with Crippen molar-refractivity contribution in [3.05, 3.63) is 60.8 Å². The van der Waals surface area contributed by atoms with Crippen LogP contribution in [0.3, 0.4) is 0 Å². The Kier molecular flexibility index (Phi) is 6.75. The van der Waals surface area contributed by atoms with Crippen molar-refractivity contribution < 1.29 is 4.79 Å². The highest BCUT2D eigenvalue weighted by Gasteiger charge is 2.66. The van der Waals surface area contributed by atoms with Crippen LogP contribution in [0.2, 0.25) is 15.6 Å². The molecule has 0 atom stereocenters. The second-order valence-corrected chi connectivity index (χ2v) is 14.0. The average molecular weight is 532 g/mol. The second-order valence-electron chi connectivity index (χ2n) is 14.0. The van der Waals surface area contributed by atoms with Crippen molar-refractivity contribution in [2.24, 2.45) is 7.05 Å². The molecule has 0 unspecified atom stereocenters. The molecule has 1 fully saturated rings. The molecule has 18 heteroatoms. The van der Waals surface area contributed by atoms with Gasteiger partial charge in [-0.15, -0.1) is 0 Å². The number of hydrogen-bond donors (Lipinski definition) is 1. The summed E-state index contributed by atoms with van der Waals surface area (Å²) in [5.41, 5.74) is 3.23. The van der Waals surface area contributed by atoms with Gasteiger partial charge in [0.25, 0.3) is 5.91 Å². The molecule has 1 saturated heterocycles. The van der Waals surface area contributed by atoms with Crippen LogP contribution in [0.15, 0.2) is 55.2 Å². The molecule has 3 aromatic heterocycles. The first-order valence-electron chi connectivity index (χ1n) is 14.2. The van der Waals surface area contributed by atoms with Crippen LogP contribution < -0.4 is 10.2 Å². The summed E-state index contributed by atoms with van der Waals surface area (Å²) in [5.74, 6) is 0.762. The first kappa shape index (κ1) is 29.3. The zero-order chi connectivity index (χ0) is 30.2. The summed E-state index contributed by atoms with van der Waals surface area (Å²) in [6.07, 6.45) is 7.04. The number of rotatable bonds is 4. The van der Waals surface area contributed by atoms with Crippen LogP contribution in [0, 0.1) is 0 Å². The van der Waals surface area contributed by atoms with Gasteiger partial charge in [0.2, 0.25) is 5.95 Å². The summed E-state index contributed by atoms with van der Waals surface area (Å²) < 4.78 is 1.96. The van der Waals surface area contributed by atoms with E-state index in [1.165, 1.54) is 0 Å². The molecule has 0 spiro atoms. The molecule has 0 saturated carbocycles. The molecule has 5 rings (SSSR count). The second kappa shape index (κ2) is 9.43. The average Bonchev–Trinajstić information content (AvgIpc) is 3.33. The van der Waals surface area contributed by atoms with Gasteiger partial charge in [0.05, 0.1) is 70.8 Å². The van der Waals surface area contributed by atoms with Gasteiger partial charge in [-0.2, -0.15) is 0 Å². The molecule has 1 amide bonds. The van der Waals surface area contributed by atoms with Gasteiger partial charge in [-0.05, 0) is 28.9 Å². The van der Waals surface area contributed by atoms with Crippen molar-refractivity contribution in [3.63, 3.8) is 0 Å². The molecule has 4 heterocycles. The number of pyridine rings is 1. The third kappa shape index (κ3) is 4.23. The smallest absolute Gasteiger partial charge is 0.258 e. The number of nitrogens with zero attached hydrogens (tertiary/aromatic N) is 6. The van der Waals surface area contributed by atoms with Gasteiger partial charge in [0, 0.05) is 36.0 Å². The van der Waals surface area contributed by atoms with Gasteiger partial charge in [0.1, 0.15) is 37.2 Å². The minimum absolute atomic E-state index is 0.0164. The standard InChI is InChI=1S/C23H33B10N7O/c1-39-10-34-9-15(39)11-2-3-13-8-36-18(37-14(13)6-11)38-17(41)12-4-5-35-16(7-12)40-22(30,31)20(26,27)19(24,25)21(28,29)23(40,32)33/h2-10H,24-33H2,1H3,(H,36,37,38,41). The maximum absolute atomic E-state index is 13.5. The maximum Gasteiger partial charge on any atom is 0.258 e. The molecule has 0 bridgehead atoms. The summed E-state index contributed by atoms with van der Waals surface area (Å²) in [7, 11) is 25.3. The van der Waals surface area contributed by atoms with E-state index < -0.39 is 0 Å². The molecule has 1 N–H and O–H groups in total. The van der Waals surface area contributed by atoms with E-state index >= 15 is 0 Å². The predicted molar refractivity (Wildman–Crippen MR) is 195 cm³/mol. The van der Waals surface area contributed by atoms with E-state index in [1.54, 1.807) is 24.8 Å². The molecule has 196 valence electrons. The van der Waals surface area contributed by atoms with Crippen molar-refractivity contribution >= 4 is 107 Å². The number of anilines is 2. The minimum Gasteiger partial charge on any atom is -0.379 e. The Bertz CT molecular complexity index is 1640. The van der Waals surface area contributed by atoms with E-state index in [4.69, 9.17) is 4.98 Å². The van der Waals surface area contributed by atoms with Crippen LogP contribution in [-0.2, 0) is 7.05 Å². The number of hydrogen-bond acceptors (Lipinski definition) is 6. The van der Waals surface area contributed by atoms with E-state index in [2.05, 4.69) is 104 Å². The van der Waals surface area contributed by atoms with Crippen molar-refractivity contribution in [1.29, 1.82) is 0 Å². The van der Waals surface area contributed by atoms with Gasteiger partial charge >= 0.3 is 0 Å². The number of aromatic nitrogens is 5.